The number of carbonyl (C=O) groups excluding carboxylic acids is 2. The summed E-state index contributed by atoms with van der Waals surface area (Å²) in [5, 5.41) is 5.49. The molecule has 0 saturated carbocycles. The Labute approximate surface area is 149 Å². The first-order valence-electron chi connectivity index (χ1n) is 7.99. The fourth-order valence-corrected chi connectivity index (χ4v) is 1.96. The van der Waals surface area contributed by atoms with Gasteiger partial charge in [0.15, 0.2) is 6.61 Å². The lowest BCUT2D eigenvalue weighted by Gasteiger charge is -2.17. The molecule has 24 heavy (non-hydrogen) atoms. The molecule has 2 atom stereocenters. The van der Waals surface area contributed by atoms with Crippen LogP contribution in [-0.4, -0.2) is 31.0 Å². The number of nitrogens with one attached hydrogen (secondary N) is 2. The summed E-state index contributed by atoms with van der Waals surface area (Å²) in [6.07, 6.45) is 0.859. The zero-order valence-corrected chi connectivity index (χ0v) is 15.3. The molecule has 6 nitrogen and oxygen atoms in total. The SMILES string of the molecule is CCNC(=O)COc1cccc(CNC(=O)C(N)C(C)CC)c1.Cl. The number of likely N-dealkylation sites (N-methyl/N-ethyl adjacent to an activating group) is 1. The number of hydrogen-bond donors (Lipinski definition) is 3. The number of rotatable bonds is 9. The van der Waals surface area contributed by atoms with E-state index < -0.39 is 6.04 Å². The number of hydrogen-bond acceptors (Lipinski definition) is 4. The quantitative estimate of drug-likeness (QED) is 0.626. The second-order valence-electron chi connectivity index (χ2n) is 5.52. The fourth-order valence-electron chi connectivity index (χ4n) is 1.96. The highest BCUT2D eigenvalue weighted by Crippen LogP contribution is 2.13. The largest absolute Gasteiger partial charge is 0.484 e. The van der Waals surface area contributed by atoms with Crippen molar-refractivity contribution in [1.29, 1.82) is 0 Å². The molecule has 2 unspecified atom stereocenters. The average Bonchev–Trinajstić information content (AvgIpc) is 2.57. The zero-order chi connectivity index (χ0) is 17.2. The molecule has 0 spiro atoms. The number of carbonyl (C=O) groups is 2. The lowest BCUT2D eigenvalue weighted by Crippen LogP contribution is -2.44. The summed E-state index contributed by atoms with van der Waals surface area (Å²) in [7, 11) is 0. The molecule has 136 valence electrons. The van der Waals surface area contributed by atoms with Crippen molar-refractivity contribution in [3.05, 3.63) is 29.8 Å². The van der Waals surface area contributed by atoms with E-state index in [1.54, 1.807) is 12.1 Å². The van der Waals surface area contributed by atoms with Gasteiger partial charge in [0.25, 0.3) is 5.91 Å². The van der Waals surface area contributed by atoms with Crippen LogP contribution in [0.1, 0.15) is 32.8 Å². The molecular formula is C17H28ClN3O3. The van der Waals surface area contributed by atoms with E-state index in [0.717, 1.165) is 12.0 Å². The van der Waals surface area contributed by atoms with Crippen molar-refractivity contribution in [2.24, 2.45) is 11.7 Å². The highest BCUT2D eigenvalue weighted by molar-refractivity contribution is 5.85. The van der Waals surface area contributed by atoms with Gasteiger partial charge in [0.1, 0.15) is 5.75 Å². The van der Waals surface area contributed by atoms with Gasteiger partial charge >= 0.3 is 0 Å². The topological polar surface area (TPSA) is 93.5 Å². The third kappa shape index (κ3) is 7.66. The van der Waals surface area contributed by atoms with Crippen LogP contribution in [0, 0.1) is 5.92 Å². The van der Waals surface area contributed by atoms with E-state index in [0.29, 0.717) is 18.8 Å². The van der Waals surface area contributed by atoms with Gasteiger partial charge in [-0.3, -0.25) is 9.59 Å². The van der Waals surface area contributed by atoms with Gasteiger partial charge in [-0.15, -0.1) is 12.4 Å². The highest BCUT2D eigenvalue weighted by atomic mass is 35.5. The van der Waals surface area contributed by atoms with Crippen LogP contribution in [0.25, 0.3) is 0 Å². The van der Waals surface area contributed by atoms with E-state index >= 15 is 0 Å². The number of benzene rings is 1. The van der Waals surface area contributed by atoms with Gasteiger partial charge < -0.3 is 21.1 Å². The van der Waals surface area contributed by atoms with Crippen LogP contribution in [0.4, 0.5) is 0 Å². The highest BCUT2D eigenvalue weighted by Gasteiger charge is 2.18. The molecule has 0 radical (unpaired) electrons. The van der Waals surface area contributed by atoms with Crippen LogP contribution in [-0.2, 0) is 16.1 Å². The van der Waals surface area contributed by atoms with Gasteiger partial charge in [0.2, 0.25) is 5.91 Å². The van der Waals surface area contributed by atoms with Crippen molar-refractivity contribution in [1.82, 2.24) is 10.6 Å². The Hall–Kier alpha value is -1.79. The summed E-state index contributed by atoms with van der Waals surface area (Å²) < 4.78 is 5.42. The Kier molecular flexibility index (Phi) is 10.8. The number of amides is 2. The van der Waals surface area contributed by atoms with Crippen LogP contribution in [0.15, 0.2) is 24.3 Å². The molecule has 0 aliphatic heterocycles. The molecule has 0 fully saturated rings. The predicted octanol–water partition coefficient (Wildman–Crippen LogP) is 1.61. The summed E-state index contributed by atoms with van der Waals surface area (Å²) in [5.41, 5.74) is 6.79. The molecule has 1 aromatic rings. The second kappa shape index (κ2) is 11.7. The zero-order valence-electron chi connectivity index (χ0n) is 14.5. The smallest absolute Gasteiger partial charge is 0.257 e. The molecule has 0 aliphatic rings. The Bertz CT molecular complexity index is 526. The first kappa shape index (κ1) is 22.2. The number of halogens is 1. The molecule has 0 aromatic heterocycles. The van der Waals surface area contributed by atoms with Crippen LogP contribution >= 0.6 is 12.4 Å². The van der Waals surface area contributed by atoms with Gasteiger partial charge in [-0.1, -0.05) is 32.4 Å². The molecular weight excluding hydrogens is 330 g/mol. The van der Waals surface area contributed by atoms with Crippen molar-refractivity contribution in [2.45, 2.75) is 39.8 Å². The van der Waals surface area contributed by atoms with Crippen molar-refractivity contribution in [2.75, 3.05) is 13.2 Å². The maximum atomic E-state index is 12.0. The summed E-state index contributed by atoms with van der Waals surface area (Å²) in [5.74, 6) is 0.412. The van der Waals surface area contributed by atoms with Gasteiger partial charge in [0, 0.05) is 13.1 Å². The second-order valence-corrected chi connectivity index (χ2v) is 5.52. The molecule has 0 aliphatic carbocycles. The minimum atomic E-state index is -0.503. The molecule has 0 bridgehead atoms. The Morgan fingerprint density at radius 3 is 2.58 bits per heavy atom. The van der Waals surface area contributed by atoms with Crippen LogP contribution in [0.5, 0.6) is 5.75 Å². The standard InChI is InChI=1S/C17H27N3O3.ClH/c1-4-12(3)16(18)17(22)20-10-13-7-6-8-14(9-13)23-11-15(21)19-5-2;/h6-9,12,16H,4-5,10-11,18H2,1-3H3,(H,19,21)(H,20,22);1H. The van der Waals surface area contributed by atoms with E-state index in [1.807, 2.05) is 32.9 Å². The maximum Gasteiger partial charge on any atom is 0.257 e. The lowest BCUT2D eigenvalue weighted by molar-refractivity contribution is -0.124. The van der Waals surface area contributed by atoms with Crippen molar-refractivity contribution >= 4 is 24.2 Å². The summed E-state index contributed by atoms with van der Waals surface area (Å²) in [6.45, 7) is 6.74. The summed E-state index contributed by atoms with van der Waals surface area (Å²) in [6, 6.07) is 6.78. The summed E-state index contributed by atoms with van der Waals surface area (Å²) in [4.78, 5) is 23.3. The predicted molar refractivity (Wildman–Crippen MR) is 97.1 cm³/mol. The molecule has 0 heterocycles. The van der Waals surface area contributed by atoms with Crippen LogP contribution < -0.4 is 21.1 Å². The van der Waals surface area contributed by atoms with E-state index in [1.165, 1.54) is 0 Å². The molecule has 4 N–H and O–H groups in total. The lowest BCUT2D eigenvalue weighted by atomic mass is 9.99. The van der Waals surface area contributed by atoms with E-state index in [4.69, 9.17) is 10.5 Å². The Balaban J connectivity index is 0.00000529. The van der Waals surface area contributed by atoms with Gasteiger partial charge in [-0.2, -0.15) is 0 Å². The number of nitrogens with two attached hydrogens (primary N) is 1. The van der Waals surface area contributed by atoms with Crippen molar-refractivity contribution in [3.8, 4) is 5.75 Å². The minimum absolute atomic E-state index is 0. The van der Waals surface area contributed by atoms with Crippen molar-refractivity contribution < 1.29 is 14.3 Å². The van der Waals surface area contributed by atoms with Crippen LogP contribution in [0.3, 0.4) is 0 Å². The normalized spacial score (nSPS) is 12.5. The van der Waals surface area contributed by atoms with Gasteiger partial charge in [-0.25, -0.2) is 0 Å². The third-order valence-corrected chi connectivity index (χ3v) is 3.67. The van der Waals surface area contributed by atoms with E-state index in [9.17, 15) is 9.59 Å². The average molecular weight is 358 g/mol. The molecule has 0 saturated heterocycles. The van der Waals surface area contributed by atoms with E-state index in [-0.39, 0.29) is 36.7 Å². The van der Waals surface area contributed by atoms with Crippen LogP contribution in [0.2, 0.25) is 0 Å². The Morgan fingerprint density at radius 1 is 1.25 bits per heavy atom. The monoisotopic (exact) mass is 357 g/mol. The summed E-state index contributed by atoms with van der Waals surface area (Å²) >= 11 is 0. The van der Waals surface area contributed by atoms with Gasteiger partial charge in [0.05, 0.1) is 6.04 Å². The molecule has 1 aromatic carbocycles. The van der Waals surface area contributed by atoms with Crippen molar-refractivity contribution in [3.63, 3.8) is 0 Å². The van der Waals surface area contributed by atoms with Gasteiger partial charge in [-0.05, 0) is 30.5 Å². The number of ether oxygens (including phenoxy) is 1. The minimum Gasteiger partial charge on any atom is -0.484 e. The van der Waals surface area contributed by atoms with E-state index in [2.05, 4.69) is 10.6 Å². The molecule has 7 heteroatoms. The fraction of sp³-hybridized carbons (Fsp3) is 0.529. The Morgan fingerprint density at radius 2 is 1.96 bits per heavy atom. The third-order valence-electron chi connectivity index (χ3n) is 3.67. The maximum absolute atomic E-state index is 12.0. The molecule has 1 rings (SSSR count). The molecule has 2 amide bonds. The first-order valence-corrected chi connectivity index (χ1v) is 7.99. The first-order chi connectivity index (χ1) is 11.0.